The first-order valence-electron chi connectivity index (χ1n) is 17.7. The van der Waals surface area contributed by atoms with Crippen molar-refractivity contribution in [1.82, 2.24) is 35.5 Å². The fourth-order valence-corrected chi connectivity index (χ4v) is 6.36. The fourth-order valence-electron chi connectivity index (χ4n) is 6.36. The summed E-state index contributed by atoms with van der Waals surface area (Å²) in [5.41, 5.74) is 4.16. The number of benzene rings is 1. The predicted octanol–water partition coefficient (Wildman–Crippen LogP) is 4.66. The number of likely N-dealkylation sites (tertiary alicyclic amines) is 1. The number of hydrogen-bond donors (Lipinski definition) is 4. The lowest BCUT2D eigenvalue weighted by Gasteiger charge is -2.33. The number of ether oxygens (including phenoxy) is 2. The summed E-state index contributed by atoms with van der Waals surface area (Å²) in [6.07, 6.45) is 4.35. The van der Waals surface area contributed by atoms with E-state index >= 15 is 0 Å². The van der Waals surface area contributed by atoms with Crippen LogP contribution in [0.4, 0.5) is 16.3 Å². The van der Waals surface area contributed by atoms with Gasteiger partial charge in [0.25, 0.3) is 5.91 Å². The van der Waals surface area contributed by atoms with E-state index in [1.54, 1.807) is 46.3 Å². The molecule has 52 heavy (non-hydrogen) atoms. The van der Waals surface area contributed by atoms with Crippen LogP contribution in [0.1, 0.15) is 56.6 Å². The van der Waals surface area contributed by atoms with E-state index in [4.69, 9.17) is 9.47 Å². The molecule has 14 heteroatoms. The van der Waals surface area contributed by atoms with Crippen molar-refractivity contribution in [2.75, 3.05) is 49.6 Å². The second kappa shape index (κ2) is 15.9. The first-order valence-corrected chi connectivity index (χ1v) is 17.7. The van der Waals surface area contributed by atoms with Crippen LogP contribution < -0.4 is 20.9 Å². The van der Waals surface area contributed by atoms with Crippen LogP contribution >= 0.6 is 0 Å². The number of morpholine rings is 1. The Kier molecular flexibility index (Phi) is 11.2. The van der Waals surface area contributed by atoms with Gasteiger partial charge in [-0.2, -0.15) is 0 Å². The lowest BCUT2D eigenvalue weighted by molar-refractivity contribution is -0.118. The van der Waals surface area contributed by atoms with Crippen LogP contribution in [0.25, 0.3) is 22.3 Å². The molecule has 2 aliphatic heterocycles. The van der Waals surface area contributed by atoms with Gasteiger partial charge in [0.15, 0.2) is 0 Å². The summed E-state index contributed by atoms with van der Waals surface area (Å²) in [4.78, 5) is 59.5. The number of hydrogen-bond acceptors (Lipinski definition) is 10. The summed E-state index contributed by atoms with van der Waals surface area (Å²) in [7, 11) is 0. The number of pyridine rings is 1. The zero-order chi connectivity index (χ0) is 36.8. The van der Waals surface area contributed by atoms with Crippen molar-refractivity contribution in [1.29, 1.82) is 0 Å². The van der Waals surface area contributed by atoms with Crippen molar-refractivity contribution in [2.45, 2.75) is 64.8 Å². The van der Waals surface area contributed by atoms with Gasteiger partial charge in [-0.25, -0.2) is 14.8 Å². The highest BCUT2D eigenvalue weighted by Gasteiger charge is 2.26. The number of anilines is 2. The molecule has 0 bridgehead atoms. The molecular formula is C38H47N9O5. The molecular weight excluding hydrogens is 662 g/mol. The average Bonchev–Trinajstić information content (AvgIpc) is 3.56. The summed E-state index contributed by atoms with van der Waals surface area (Å²) < 4.78 is 10.8. The SMILES string of the molecule is C=C(C(=O)N[C@@H]1CCCN(Cc2ccnc(C(=O)Nc3ccc(-c4cc5c(N6CCOCC6)ncnc5[nH]4)cc3)c2)C1)[C@@H](C)NC(=O)OC(C)(C)C. The summed E-state index contributed by atoms with van der Waals surface area (Å²) in [5.74, 6) is 0.283. The summed E-state index contributed by atoms with van der Waals surface area (Å²) in [5, 5.41) is 9.66. The second-order valence-electron chi connectivity index (χ2n) is 14.3. The third-order valence-corrected chi connectivity index (χ3v) is 9.02. The topological polar surface area (TPSA) is 167 Å². The third kappa shape index (κ3) is 9.30. The van der Waals surface area contributed by atoms with Crippen molar-refractivity contribution in [3.05, 3.63) is 78.4 Å². The molecule has 4 aromatic rings. The van der Waals surface area contributed by atoms with E-state index in [0.29, 0.717) is 37.7 Å². The smallest absolute Gasteiger partial charge is 0.408 e. The summed E-state index contributed by atoms with van der Waals surface area (Å²) >= 11 is 0. The molecule has 2 aliphatic rings. The van der Waals surface area contributed by atoms with Gasteiger partial charge < -0.3 is 35.3 Å². The van der Waals surface area contributed by atoms with Gasteiger partial charge in [-0.15, -0.1) is 0 Å². The minimum Gasteiger partial charge on any atom is -0.444 e. The number of nitrogens with zero attached hydrogens (tertiary/aromatic N) is 5. The minimum atomic E-state index is -0.642. The van der Waals surface area contributed by atoms with Gasteiger partial charge >= 0.3 is 6.09 Å². The number of rotatable bonds is 10. The van der Waals surface area contributed by atoms with Crippen molar-refractivity contribution in [3.8, 4) is 11.3 Å². The number of carbonyl (C=O) groups is 3. The van der Waals surface area contributed by atoms with Crippen LogP contribution in [-0.4, -0.2) is 99.8 Å². The summed E-state index contributed by atoms with van der Waals surface area (Å²) in [6.45, 7) is 16.0. The highest BCUT2D eigenvalue weighted by molar-refractivity contribution is 6.03. The lowest BCUT2D eigenvalue weighted by atomic mass is 10.0. The Morgan fingerprint density at radius 1 is 1.06 bits per heavy atom. The molecule has 0 radical (unpaired) electrons. The van der Waals surface area contributed by atoms with Crippen LogP contribution in [-0.2, 0) is 20.8 Å². The van der Waals surface area contributed by atoms with Crippen LogP contribution in [0.15, 0.2) is 67.1 Å². The van der Waals surface area contributed by atoms with Gasteiger partial charge in [0.05, 0.1) is 24.6 Å². The Morgan fingerprint density at radius 2 is 1.83 bits per heavy atom. The number of piperidine rings is 1. The molecule has 4 N–H and O–H groups in total. The number of carbonyl (C=O) groups excluding carboxylic acids is 3. The van der Waals surface area contributed by atoms with E-state index in [2.05, 4.69) is 58.3 Å². The average molecular weight is 710 g/mol. The molecule has 0 unspecified atom stereocenters. The van der Waals surface area contributed by atoms with Gasteiger partial charge in [0.1, 0.15) is 29.1 Å². The maximum Gasteiger partial charge on any atom is 0.408 e. The Labute approximate surface area is 303 Å². The standard InChI is InChI=1S/C38H47N9O5/c1-24(25(2)42-37(50)52-38(3,4)5)35(48)44-29-7-6-14-46(22-29)21-26-12-13-39-32(19-26)36(49)43-28-10-8-27(9-11-28)31-20-30-33(45-31)40-23-41-34(30)47-15-17-51-18-16-47/h8-13,19-20,23,25,29H,1,6-7,14-18,21-22H2,2-5H3,(H,42,50)(H,43,49)(H,44,48)(H,40,41,45)/t25-,29-/m1/s1. The lowest BCUT2D eigenvalue weighted by Crippen LogP contribution is -2.49. The number of alkyl carbamates (subject to hydrolysis) is 1. The van der Waals surface area contributed by atoms with Crippen LogP contribution in [0.5, 0.6) is 0 Å². The van der Waals surface area contributed by atoms with Crippen LogP contribution in [0.2, 0.25) is 0 Å². The van der Waals surface area contributed by atoms with Crippen molar-refractivity contribution in [3.63, 3.8) is 0 Å². The zero-order valence-electron chi connectivity index (χ0n) is 30.2. The van der Waals surface area contributed by atoms with E-state index in [1.165, 1.54) is 0 Å². The molecule has 2 atom stereocenters. The van der Waals surface area contributed by atoms with Gasteiger partial charge in [-0.3, -0.25) is 19.5 Å². The second-order valence-corrected chi connectivity index (χ2v) is 14.3. The molecule has 0 saturated carbocycles. The molecule has 2 fully saturated rings. The Morgan fingerprint density at radius 3 is 2.58 bits per heavy atom. The fraction of sp³-hybridized carbons (Fsp3) is 0.421. The van der Waals surface area contributed by atoms with Gasteiger partial charge in [0.2, 0.25) is 5.91 Å². The van der Waals surface area contributed by atoms with Gasteiger partial charge in [-0.1, -0.05) is 18.7 Å². The molecule has 5 heterocycles. The molecule has 14 nitrogen and oxygen atoms in total. The van der Waals surface area contributed by atoms with E-state index in [0.717, 1.165) is 66.1 Å². The van der Waals surface area contributed by atoms with E-state index in [9.17, 15) is 14.4 Å². The van der Waals surface area contributed by atoms with Crippen molar-refractivity contribution >= 4 is 40.4 Å². The van der Waals surface area contributed by atoms with Gasteiger partial charge in [0, 0.05) is 55.4 Å². The highest BCUT2D eigenvalue weighted by Crippen LogP contribution is 2.30. The molecule has 6 rings (SSSR count). The van der Waals surface area contributed by atoms with E-state index < -0.39 is 17.7 Å². The van der Waals surface area contributed by atoms with Crippen molar-refractivity contribution < 1.29 is 23.9 Å². The van der Waals surface area contributed by atoms with Gasteiger partial charge in [-0.05, 0) is 88.5 Å². The molecule has 274 valence electrons. The van der Waals surface area contributed by atoms with Crippen LogP contribution in [0, 0.1) is 0 Å². The number of fused-ring (bicyclic) bond motifs is 1. The number of aromatic nitrogens is 4. The maximum absolute atomic E-state index is 13.2. The zero-order valence-corrected chi connectivity index (χ0v) is 30.2. The predicted molar refractivity (Wildman–Crippen MR) is 199 cm³/mol. The van der Waals surface area contributed by atoms with Crippen LogP contribution in [0.3, 0.4) is 0 Å². The molecule has 2 saturated heterocycles. The number of amides is 3. The largest absolute Gasteiger partial charge is 0.444 e. The Balaban J connectivity index is 1.02. The van der Waals surface area contributed by atoms with E-state index in [-0.39, 0.29) is 23.4 Å². The quantitative estimate of drug-likeness (QED) is 0.170. The molecule has 3 aromatic heterocycles. The minimum absolute atomic E-state index is 0.0802. The maximum atomic E-state index is 13.2. The highest BCUT2D eigenvalue weighted by atomic mass is 16.6. The Hall–Kier alpha value is -5.34. The van der Waals surface area contributed by atoms with Crippen molar-refractivity contribution in [2.24, 2.45) is 0 Å². The summed E-state index contributed by atoms with van der Waals surface area (Å²) in [6, 6.07) is 12.7. The molecule has 0 aliphatic carbocycles. The third-order valence-electron chi connectivity index (χ3n) is 9.02. The Bertz CT molecular complexity index is 1910. The normalized spacial score (nSPS) is 17.3. The number of aromatic amines is 1. The number of nitrogens with one attached hydrogen (secondary N) is 4. The first-order chi connectivity index (χ1) is 24.9. The number of H-pyrrole nitrogens is 1. The monoisotopic (exact) mass is 709 g/mol. The molecule has 0 spiro atoms. The van der Waals surface area contributed by atoms with E-state index in [1.807, 2.05) is 30.3 Å². The first kappa shape index (κ1) is 36.5. The molecule has 3 amide bonds. The molecule has 1 aromatic carbocycles.